The van der Waals surface area contributed by atoms with E-state index in [9.17, 15) is 4.79 Å². The average Bonchev–Trinajstić information content (AvgIpc) is 2.88. The molecule has 1 amide bonds. The van der Waals surface area contributed by atoms with Crippen molar-refractivity contribution in [2.45, 2.75) is 37.4 Å². The SMILES string of the molecule is O=C(CCCCC1CCSS1)N1CCNCC1. The van der Waals surface area contributed by atoms with Gasteiger partial charge >= 0.3 is 0 Å². The summed E-state index contributed by atoms with van der Waals surface area (Å²) >= 11 is 0. The number of unbranched alkanes of at least 4 members (excludes halogenated alkanes) is 1. The molecule has 2 saturated heterocycles. The molecule has 5 heteroatoms. The van der Waals surface area contributed by atoms with Gasteiger partial charge in [0.2, 0.25) is 5.91 Å². The Morgan fingerprint density at radius 1 is 1.29 bits per heavy atom. The average molecular weight is 274 g/mol. The molecule has 0 radical (unpaired) electrons. The summed E-state index contributed by atoms with van der Waals surface area (Å²) in [4.78, 5) is 13.9. The number of carbonyl (C=O) groups excluding carboxylic acids is 1. The normalized spacial score (nSPS) is 25.2. The molecule has 3 nitrogen and oxygen atoms in total. The highest BCUT2D eigenvalue weighted by molar-refractivity contribution is 8.77. The van der Waals surface area contributed by atoms with Crippen LogP contribution in [0, 0.1) is 0 Å². The third kappa shape index (κ3) is 4.72. The second kappa shape index (κ2) is 7.54. The van der Waals surface area contributed by atoms with Gasteiger partial charge in [0, 0.05) is 43.6 Å². The van der Waals surface area contributed by atoms with Crippen LogP contribution in [0.15, 0.2) is 0 Å². The van der Waals surface area contributed by atoms with Gasteiger partial charge in [-0.05, 0) is 19.3 Å². The number of nitrogens with one attached hydrogen (secondary N) is 1. The third-order valence-corrected chi connectivity index (χ3v) is 6.37. The number of amides is 1. The molecule has 0 bridgehead atoms. The molecule has 0 aromatic rings. The molecule has 0 aromatic carbocycles. The lowest BCUT2D eigenvalue weighted by atomic mass is 10.1. The fraction of sp³-hybridized carbons (Fsp3) is 0.917. The fourth-order valence-electron chi connectivity index (χ4n) is 2.29. The molecule has 1 atom stereocenters. The minimum Gasteiger partial charge on any atom is -0.340 e. The number of carbonyl (C=O) groups is 1. The van der Waals surface area contributed by atoms with E-state index in [0.717, 1.165) is 44.3 Å². The first-order chi connectivity index (χ1) is 8.36. The Labute approximate surface area is 112 Å². The Bertz CT molecular complexity index is 239. The van der Waals surface area contributed by atoms with E-state index in [0.29, 0.717) is 5.91 Å². The summed E-state index contributed by atoms with van der Waals surface area (Å²) < 4.78 is 0. The Hall–Kier alpha value is 0.130. The summed E-state index contributed by atoms with van der Waals surface area (Å²) in [5, 5.41) is 4.13. The van der Waals surface area contributed by atoms with Crippen LogP contribution in [0.5, 0.6) is 0 Å². The largest absolute Gasteiger partial charge is 0.340 e. The van der Waals surface area contributed by atoms with Gasteiger partial charge in [0.1, 0.15) is 0 Å². The molecule has 2 aliphatic rings. The molecule has 1 unspecified atom stereocenters. The molecule has 0 saturated carbocycles. The minimum absolute atomic E-state index is 0.361. The van der Waals surface area contributed by atoms with Gasteiger partial charge in [0.05, 0.1) is 0 Å². The van der Waals surface area contributed by atoms with Crippen LogP contribution in [0.1, 0.15) is 32.1 Å². The van der Waals surface area contributed by atoms with Crippen LogP contribution < -0.4 is 5.32 Å². The predicted molar refractivity (Wildman–Crippen MR) is 76.4 cm³/mol. The summed E-state index contributed by atoms with van der Waals surface area (Å²) in [7, 11) is 4.05. The highest BCUT2D eigenvalue weighted by atomic mass is 33.1. The second-order valence-electron chi connectivity index (χ2n) is 4.71. The van der Waals surface area contributed by atoms with Crippen molar-refractivity contribution in [3.63, 3.8) is 0 Å². The van der Waals surface area contributed by atoms with Crippen LogP contribution in [0.2, 0.25) is 0 Å². The van der Waals surface area contributed by atoms with Crippen molar-refractivity contribution in [1.82, 2.24) is 10.2 Å². The lowest BCUT2D eigenvalue weighted by molar-refractivity contribution is -0.131. The third-order valence-electron chi connectivity index (χ3n) is 3.36. The maximum Gasteiger partial charge on any atom is 0.222 e. The summed E-state index contributed by atoms with van der Waals surface area (Å²) in [6.07, 6.45) is 5.71. The van der Waals surface area contributed by atoms with Gasteiger partial charge in [0.15, 0.2) is 0 Å². The van der Waals surface area contributed by atoms with Crippen molar-refractivity contribution in [1.29, 1.82) is 0 Å². The van der Waals surface area contributed by atoms with E-state index in [1.807, 2.05) is 26.5 Å². The van der Waals surface area contributed by atoms with Gasteiger partial charge in [0.25, 0.3) is 0 Å². The Balaban J connectivity index is 1.53. The Morgan fingerprint density at radius 3 is 2.82 bits per heavy atom. The van der Waals surface area contributed by atoms with Crippen LogP contribution in [0.25, 0.3) is 0 Å². The van der Waals surface area contributed by atoms with Gasteiger partial charge in [-0.1, -0.05) is 28.0 Å². The molecule has 0 spiro atoms. The first-order valence-electron chi connectivity index (χ1n) is 6.63. The molecule has 2 rings (SSSR count). The van der Waals surface area contributed by atoms with Gasteiger partial charge in [-0.25, -0.2) is 0 Å². The van der Waals surface area contributed by atoms with Crippen LogP contribution in [0.3, 0.4) is 0 Å². The molecule has 1 N–H and O–H groups in total. The van der Waals surface area contributed by atoms with Crippen LogP contribution >= 0.6 is 21.6 Å². The van der Waals surface area contributed by atoms with Crippen molar-refractivity contribution in [2.75, 3.05) is 31.9 Å². The molecule has 98 valence electrons. The monoisotopic (exact) mass is 274 g/mol. The standard InChI is InChI=1S/C12H22N2OS2/c15-12(14-8-6-13-7-9-14)4-2-1-3-11-5-10-16-17-11/h11,13H,1-10H2. The van der Waals surface area contributed by atoms with Gasteiger partial charge in [-0.3, -0.25) is 4.79 Å². The minimum atomic E-state index is 0.361. The topological polar surface area (TPSA) is 32.3 Å². The number of rotatable bonds is 5. The second-order valence-corrected chi connectivity index (χ2v) is 7.49. The molecular formula is C12H22N2OS2. The molecule has 2 aliphatic heterocycles. The van der Waals surface area contributed by atoms with E-state index in [1.54, 1.807) is 0 Å². The predicted octanol–water partition coefficient (Wildman–Crippen LogP) is 2.13. The van der Waals surface area contributed by atoms with Crippen molar-refractivity contribution >= 4 is 27.5 Å². The molecule has 17 heavy (non-hydrogen) atoms. The van der Waals surface area contributed by atoms with Gasteiger partial charge < -0.3 is 10.2 Å². The first-order valence-corrected chi connectivity index (χ1v) is 9.01. The Morgan fingerprint density at radius 2 is 2.12 bits per heavy atom. The Kier molecular flexibility index (Phi) is 6.01. The lowest BCUT2D eigenvalue weighted by Crippen LogP contribution is -2.46. The van der Waals surface area contributed by atoms with E-state index in [4.69, 9.17) is 0 Å². The number of hydrogen-bond acceptors (Lipinski definition) is 4. The number of piperazine rings is 1. The van der Waals surface area contributed by atoms with E-state index >= 15 is 0 Å². The number of hydrogen-bond donors (Lipinski definition) is 1. The molecule has 2 heterocycles. The quantitative estimate of drug-likeness (QED) is 0.615. The van der Waals surface area contributed by atoms with Gasteiger partial charge in [-0.2, -0.15) is 0 Å². The summed E-state index contributed by atoms with van der Waals surface area (Å²) in [6.45, 7) is 3.71. The molecule has 0 aromatic heterocycles. The molecule has 0 aliphatic carbocycles. The maximum atomic E-state index is 11.9. The maximum absolute atomic E-state index is 11.9. The zero-order valence-electron chi connectivity index (χ0n) is 10.3. The van der Waals surface area contributed by atoms with E-state index in [2.05, 4.69) is 5.32 Å². The summed E-state index contributed by atoms with van der Waals surface area (Å²) in [6, 6.07) is 0. The van der Waals surface area contributed by atoms with Crippen LogP contribution in [-0.2, 0) is 4.79 Å². The van der Waals surface area contributed by atoms with E-state index in [1.165, 1.54) is 25.0 Å². The molecule has 2 fully saturated rings. The summed E-state index contributed by atoms with van der Waals surface area (Å²) in [5.41, 5.74) is 0. The zero-order chi connectivity index (χ0) is 11.9. The highest BCUT2D eigenvalue weighted by Gasteiger charge is 2.17. The smallest absolute Gasteiger partial charge is 0.222 e. The number of nitrogens with zero attached hydrogens (tertiary/aromatic N) is 1. The van der Waals surface area contributed by atoms with Crippen molar-refractivity contribution in [3.05, 3.63) is 0 Å². The molecular weight excluding hydrogens is 252 g/mol. The lowest BCUT2D eigenvalue weighted by Gasteiger charge is -2.27. The van der Waals surface area contributed by atoms with Crippen LogP contribution in [-0.4, -0.2) is 48.0 Å². The fourth-order valence-corrected chi connectivity index (χ4v) is 5.31. The van der Waals surface area contributed by atoms with E-state index in [-0.39, 0.29) is 0 Å². The van der Waals surface area contributed by atoms with Crippen molar-refractivity contribution < 1.29 is 4.79 Å². The van der Waals surface area contributed by atoms with Gasteiger partial charge in [-0.15, -0.1) is 0 Å². The zero-order valence-corrected chi connectivity index (χ0v) is 12.0. The van der Waals surface area contributed by atoms with Crippen molar-refractivity contribution in [2.24, 2.45) is 0 Å². The van der Waals surface area contributed by atoms with Crippen LogP contribution in [0.4, 0.5) is 0 Å². The van der Waals surface area contributed by atoms with Crippen molar-refractivity contribution in [3.8, 4) is 0 Å². The first kappa shape index (κ1) is 13.6. The van der Waals surface area contributed by atoms with E-state index < -0.39 is 0 Å². The summed E-state index contributed by atoms with van der Waals surface area (Å²) in [5.74, 6) is 1.68. The highest BCUT2D eigenvalue weighted by Crippen LogP contribution is 2.39.